The summed E-state index contributed by atoms with van der Waals surface area (Å²) >= 11 is 1.95. The Bertz CT molecular complexity index is 745. The van der Waals surface area contributed by atoms with E-state index in [1.54, 1.807) is 0 Å². The van der Waals surface area contributed by atoms with Gasteiger partial charge >= 0.3 is 0 Å². The van der Waals surface area contributed by atoms with Crippen molar-refractivity contribution in [2.45, 2.75) is 30.4 Å². The molecule has 0 amide bonds. The fourth-order valence-electron chi connectivity index (χ4n) is 3.60. The van der Waals surface area contributed by atoms with Crippen LogP contribution in [0.15, 0.2) is 47.4 Å². The third kappa shape index (κ3) is 2.17. The standard InChI is InChI=1S/C20H20OS/c1-13(2)18-16-7-3-4-8-17(16)22-12-15-10-9-14-6-5-11-21-20(14)19(15)18/h3-10,13,18H,11-12H2,1-2H3. The van der Waals surface area contributed by atoms with Crippen molar-refractivity contribution in [3.63, 3.8) is 0 Å². The quantitative estimate of drug-likeness (QED) is 0.689. The number of hydrogen-bond donors (Lipinski definition) is 0. The van der Waals surface area contributed by atoms with Gasteiger partial charge in [-0.05, 0) is 29.2 Å². The molecule has 2 aliphatic rings. The van der Waals surface area contributed by atoms with E-state index < -0.39 is 0 Å². The first-order valence-electron chi connectivity index (χ1n) is 7.92. The Morgan fingerprint density at radius 2 is 2.00 bits per heavy atom. The van der Waals surface area contributed by atoms with Gasteiger partial charge in [-0.2, -0.15) is 0 Å². The molecule has 1 nitrogen and oxygen atoms in total. The molecule has 2 aromatic carbocycles. The molecule has 0 aliphatic carbocycles. The zero-order valence-corrected chi connectivity index (χ0v) is 13.8. The predicted octanol–water partition coefficient (Wildman–Crippen LogP) is 5.49. The Morgan fingerprint density at radius 3 is 2.86 bits per heavy atom. The summed E-state index contributed by atoms with van der Waals surface area (Å²) in [6, 6.07) is 13.4. The maximum Gasteiger partial charge on any atom is 0.131 e. The van der Waals surface area contributed by atoms with Crippen molar-refractivity contribution in [3.05, 3.63) is 64.7 Å². The summed E-state index contributed by atoms with van der Waals surface area (Å²) in [4.78, 5) is 1.41. The number of thioether (sulfide) groups is 1. The van der Waals surface area contributed by atoms with Crippen LogP contribution in [0.5, 0.6) is 5.75 Å². The SMILES string of the molecule is CC(C)C1c2ccccc2SCc2ccc3c(c21)OCC=C3. The third-order valence-corrected chi connectivity index (χ3v) is 5.69. The number of fused-ring (bicyclic) bond motifs is 4. The van der Waals surface area contributed by atoms with Gasteiger partial charge in [0, 0.05) is 27.7 Å². The first-order valence-corrected chi connectivity index (χ1v) is 8.91. The molecule has 1 unspecified atom stereocenters. The summed E-state index contributed by atoms with van der Waals surface area (Å²) in [6.45, 7) is 5.32. The molecule has 4 rings (SSSR count). The van der Waals surface area contributed by atoms with Crippen molar-refractivity contribution < 1.29 is 4.74 Å². The summed E-state index contributed by atoms with van der Waals surface area (Å²) in [7, 11) is 0. The van der Waals surface area contributed by atoms with Crippen LogP contribution < -0.4 is 4.74 Å². The molecule has 2 aliphatic heterocycles. The van der Waals surface area contributed by atoms with Crippen molar-refractivity contribution in [2.75, 3.05) is 6.61 Å². The fourth-order valence-corrected chi connectivity index (χ4v) is 4.69. The minimum absolute atomic E-state index is 0.405. The molecule has 2 heteroatoms. The number of benzene rings is 2. The van der Waals surface area contributed by atoms with Gasteiger partial charge in [-0.3, -0.25) is 0 Å². The molecule has 2 heterocycles. The van der Waals surface area contributed by atoms with Crippen molar-refractivity contribution in [3.8, 4) is 5.75 Å². The summed E-state index contributed by atoms with van der Waals surface area (Å²) in [5.74, 6) is 3.08. The summed E-state index contributed by atoms with van der Waals surface area (Å²) in [5, 5.41) is 0. The lowest BCUT2D eigenvalue weighted by Crippen LogP contribution is -2.14. The molecule has 2 aromatic rings. The zero-order chi connectivity index (χ0) is 15.1. The highest BCUT2D eigenvalue weighted by molar-refractivity contribution is 7.98. The molecule has 0 spiro atoms. The highest BCUT2D eigenvalue weighted by Gasteiger charge is 2.30. The second-order valence-electron chi connectivity index (χ2n) is 6.32. The predicted molar refractivity (Wildman–Crippen MR) is 93.7 cm³/mol. The van der Waals surface area contributed by atoms with Gasteiger partial charge in [0.2, 0.25) is 0 Å². The van der Waals surface area contributed by atoms with Crippen LogP contribution in [0.3, 0.4) is 0 Å². The van der Waals surface area contributed by atoms with E-state index >= 15 is 0 Å². The molecule has 0 fully saturated rings. The van der Waals surface area contributed by atoms with Gasteiger partial charge in [0.25, 0.3) is 0 Å². The molecule has 0 N–H and O–H groups in total. The molecule has 1 atom stereocenters. The summed E-state index contributed by atoms with van der Waals surface area (Å²) in [6.07, 6.45) is 4.29. The maximum atomic E-state index is 6.08. The topological polar surface area (TPSA) is 9.23 Å². The van der Waals surface area contributed by atoms with Crippen LogP contribution in [0, 0.1) is 5.92 Å². The van der Waals surface area contributed by atoms with Gasteiger partial charge in [-0.15, -0.1) is 11.8 Å². The lowest BCUT2D eigenvalue weighted by molar-refractivity contribution is 0.349. The molecule has 0 saturated heterocycles. The van der Waals surface area contributed by atoms with E-state index in [2.05, 4.69) is 62.4 Å². The van der Waals surface area contributed by atoms with Crippen molar-refractivity contribution in [2.24, 2.45) is 5.92 Å². The molecule has 0 radical (unpaired) electrons. The number of hydrogen-bond acceptors (Lipinski definition) is 2. The average molecular weight is 308 g/mol. The lowest BCUT2D eigenvalue weighted by atomic mass is 9.79. The zero-order valence-electron chi connectivity index (χ0n) is 13.0. The third-order valence-electron chi connectivity index (χ3n) is 4.55. The smallest absolute Gasteiger partial charge is 0.131 e. The van der Waals surface area contributed by atoms with Crippen molar-refractivity contribution in [1.82, 2.24) is 0 Å². The van der Waals surface area contributed by atoms with Gasteiger partial charge in [-0.25, -0.2) is 0 Å². The van der Waals surface area contributed by atoms with Crippen LogP contribution in [0.2, 0.25) is 0 Å². The maximum absolute atomic E-state index is 6.08. The number of rotatable bonds is 1. The van der Waals surface area contributed by atoms with Gasteiger partial charge in [0.15, 0.2) is 0 Å². The van der Waals surface area contributed by atoms with E-state index in [0.717, 1.165) is 11.5 Å². The van der Waals surface area contributed by atoms with Gasteiger partial charge < -0.3 is 4.74 Å². The van der Waals surface area contributed by atoms with Gasteiger partial charge in [-0.1, -0.05) is 50.3 Å². The largest absolute Gasteiger partial charge is 0.489 e. The van der Waals surface area contributed by atoms with Crippen LogP contribution in [0.4, 0.5) is 0 Å². The summed E-state index contributed by atoms with van der Waals surface area (Å²) < 4.78 is 6.08. The van der Waals surface area contributed by atoms with E-state index in [0.29, 0.717) is 18.4 Å². The van der Waals surface area contributed by atoms with Crippen LogP contribution in [-0.2, 0) is 5.75 Å². The molecular weight excluding hydrogens is 288 g/mol. The van der Waals surface area contributed by atoms with Crippen molar-refractivity contribution in [1.29, 1.82) is 0 Å². The Morgan fingerprint density at radius 1 is 1.14 bits per heavy atom. The van der Waals surface area contributed by atoms with Gasteiger partial charge in [0.05, 0.1) is 0 Å². The minimum atomic E-state index is 0.405. The molecule has 112 valence electrons. The molecule has 0 aromatic heterocycles. The fraction of sp³-hybridized carbons (Fsp3) is 0.300. The second kappa shape index (κ2) is 5.51. The van der Waals surface area contributed by atoms with Crippen LogP contribution >= 0.6 is 11.8 Å². The van der Waals surface area contributed by atoms with E-state index in [-0.39, 0.29) is 0 Å². The normalized spacial score (nSPS) is 19.0. The highest BCUT2D eigenvalue weighted by atomic mass is 32.2. The van der Waals surface area contributed by atoms with Crippen LogP contribution in [-0.4, -0.2) is 6.61 Å². The lowest BCUT2D eigenvalue weighted by Gasteiger charge is -2.28. The van der Waals surface area contributed by atoms with E-state index in [1.165, 1.54) is 27.1 Å². The minimum Gasteiger partial charge on any atom is -0.489 e. The van der Waals surface area contributed by atoms with Gasteiger partial charge in [0.1, 0.15) is 12.4 Å². The van der Waals surface area contributed by atoms with Crippen LogP contribution in [0.1, 0.15) is 42.0 Å². The van der Waals surface area contributed by atoms with E-state index in [9.17, 15) is 0 Å². The number of ether oxygens (including phenoxy) is 1. The monoisotopic (exact) mass is 308 g/mol. The Kier molecular flexibility index (Phi) is 3.50. The second-order valence-corrected chi connectivity index (χ2v) is 7.34. The first-order chi connectivity index (χ1) is 10.8. The van der Waals surface area contributed by atoms with E-state index in [4.69, 9.17) is 4.74 Å². The molecule has 0 bridgehead atoms. The first kappa shape index (κ1) is 14.0. The molecular formula is C20H20OS. The average Bonchev–Trinajstić information content (AvgIpc) is 2.71. The molecule has 0 saturated carbocycles. The Balaban J connectivity index is 1.99. The summed E-state index contributed by atoms with van der Waals surface area (Å²) in [5.41, 5.74) is 5.51. The van der Waals surface area contributed by atoms with Crippen LogP contribution in [0.25, 0.3) is 6.08 Å². The Hall–Kier alpha value is -1.67. The van der Waals surface area contributed by atoms with E-state index in [1.807, 2.05) is 11.8 Å². The highest BCUT2D eigenvalue weighted by Crippen LogP contribution is 2.48. The Labute approximate surface area is 136 Å². The van der Waals surface area contributed by atoms with Crippen molar-refractivity contribution >= 4 is 17.8 Å². The molecule has 22 heavy (non-hydrogen) atoms.